The molecule has 19 heavy (non-hydrogen) atoms. The van der Waals surface area contributed by atoms with Crippen LogP contribution in [0.25, 0.3) is 0 Å². The van der Waals surface area contributed by atoms with Gasteiger partial charge < -0.3 is 5.32 Å². The zero-order valence-electron chi connectivity index (χ0n) is 10.6. The smallest absolute Gasteiger partial charge is 0.161 e. The molecule has 0 bridgehead atoms. The molecule has 2 nitrogen and oxygen atoms in total. The maximum absolute atomic E-state index is 13.2. The highest BCUT2D eigenvalue weighted by Crippen LogP contribution is 2.43. The van der Waals surface area contributed by atoms with Crippen molar-refractivity contribution in [2.75, 3.05) is 17.6 Å². The lowest BCUT2D eigenvalue weighted by molar-refractivity contribution is 0.359. The average Bonchev–Trinajstić information content (AvgIpc) is 2.85. The number of nitrogens with zero attached hydrogens (tertiary/aromatic N) is 1. The van der Waals surface area contributed by atoms with E-state index in [-0.39, 0.29) is 5.82 Å². The predicted molar refractivity (Wildman–Crippen MR) is 80.7 cm³/mol. The van der Waals surface area contributed by atoms with Gasteiger partial charge in [-0.05, 0) is 36.5 Å². The number of amidine groups is 1. The molecule has 1 aromatic rings. The van der Waals surface area contributed by atoms with Crippen molar-refractivity contribution >= 4 is 34.2 Å². The maximum Gasteiger partial charge on any atom is 0.161 e. The third-order valence-corrected chi connectivity index (χ3v) is 5.50. The molecule has 1 aliphatic carbocycles. The van der Waals surface area contributed by atoms with E-state index in [1.54, 1.807) is 17.8 Å². The molecule has 0 unspecified atom stereocenters. The Bertz CT molecular complexity index is 512. The van der Waals surface area contributed by atoms with Crippen molar-refractivity contribution < 1.29 is 4.39 Å². The second-order valence-corrected chi connectivity index (χ2v) is 6.74. The molecule has 1 spiro atoms. The van der Waals surface area contributed by atoms with Crippen LogP contribution >= 0.6 is 23.4 Å². The molecule has 0 saturated heterocycles. The van der Waals surface area contributed by atoms with Crippen molar-refractivity contribution in [3.05, 3.63) is 29.0 Å². The van der Waals surface area contributed by atoms with Crippen LogP contribution in [0.15, 0.2) is 23.2 Å². The first-order valence-corrected chi connectivity index (χ1v) is 7.93. The van der Waals surface area contributed by atoms with Gasteiger partial charge in [-0.25, -0.2) is 4.39 Å². The van der Waals surface area contributed by atoms with Crippen molar-refractivity contribution in [3.8, 4) is 0 Å². The summed E-state index contributed by atoms with van der Waals surface area (Å²) in [5.74, 6) is 0.812. The third-order valence-electron chi connectivity index (χ3n) is 3.91. The maximum atomic E-state index is 13.2. The number of rotatable bonds is 1. The van der Waals surface area contributed by atoms with Crippen molar-refractivity contribution in [2.45, 2.75) is 25.7 Å². The predicted octanol–water partition coefficient (Wildman–Crippen LogP) is 4.55. The summed E-state index contributed by atoms with van der Waals surface area (Å²) >= 11 is 7.77. The van der Waals surface area contributed by atoms with E-state index in [9.17, 15) is 4.39 Å². The Balaban J connectivity index is 1.71. The van der Waals surface area contributed by atoms with Gasteiger partial charge in [0.05, 0.1) is 10.7 Å². The van der Waals surface area contributed by atoms with E-state index in [1.807, 2.05) is 0 Å². The Morgan fingerprint density at radius 1 is 1.32 bits per heavy atom. The molecule has 1 aromatic carbocycles. The van der Waals surface area contributed by atoms with Crippen molar-refractivity contribution in [2.24, 2.45) is 10.4 Å². The Morgan fingerprint density at radius 2 is 2.11 bits per heavy atom. The number of anilines is 1. The number of benzene rings is 1. The van der Waals surface area contributed by atoms with E-state index in [0.29, 0.717) is 16.1 Å². The topological polar surface area (TPSA) is 24.4 Å². The first kappa shape index (κ1) is 13.3. The highest BCUT2D eigenvalue weighted by molar-refractivity contribution is 8.14. The quantitative estimate of drug-likeness (QED) is 0.822. The first-order valence-electron chi connectivity index (χ1n) is 6.56. The lowest BCUT2D eigenvalue weighted by Gasteiger charge is -2.31. The minimum absolute atomic E-state index is 0.291. The summed E-state index contributed by atoms with van der Waals surface area (Å²) < 4.78 is 13.2. The number of hydrogen-bond donors (Lipinski definition) is 1. The number of thioether (sulfide) groups is 1. The van der Waals surface area contributed by atoms with Crippen molar-refractivity contribution in [3.63, 3.8) is 0 Å². The van der Waals surface area contributed by atoms with Gasteiger partial charge in [0.2, 0.25) is 0 Å². The van der Waals surface area contributed by atoms with E-state index < -0.39 is 0 Å². The molecule has 0 radical (unpaired) electrons. The zero-order chi connectivity index (χ0) is 13.3. The molecule has 0 atom stereocenters. The molecule has 0 aromatic heterocycles. The summed E-state index contributed by atoms with van der Waals surface area (Å²) in [4.78, 5) is 4.62. The summed E-state index contributed by atoms with van der Waals surface area (Å²) in [5.41, 5.74) is 1.01. The summed E-state index contributed by atoms with van der Waals surface area (Å²) in [6.45, 7) is 0.884. The van der Waals surface area contributed by atoms with Crippen LogP contribution in [0.5, 0.6) is 0 Å². The Hall–Kier alpha value is -0.740. The van der Waals surface area contributed by atoms with Crippen LogP contribution in [-0.4, -0.2) is 17.5 Å². The van der Waals surface area contributed by atoms with Gasteiger partial charge in [0.1, 0.15) is 5.82 Å². The number of nitrogens with one attached hydrogen (secondary N) is 1. The third kappa shape index (κ3) is 2.90. The Labute approximate surface area is 121 Å². The number of aliphatic imine (C=N–C) groups is 1. The minimum Gasteiger partial charge on any atom is -0.334 e. The molecular formula is C14H16ClFN2S. The molecule has 1 aliphatic heterocycles. The molecule has 1 heterocycles. The summed E-state index contributed by atoms with van der Waals surface area (Å²) in [6.07, 6.45) is 5.23. The lowest BCUT2D eigenvalue weighted by atomic mass is 9.89. The van der Waals surface area contributed by atoms with Gasteiger partial charge in [0.15, 0.2) is 5.17 Å². The van der Waals surface area contributed by atoms with Crippen LogP contribution in [0.2, 0.25) is 5.02 Å². The Morgan fingerprint density at radius 3 is 2.79 bits per heavy atom. The van der Waals surface area contributed by atoms with Crippen LogP contribution in [0.4, 0.5) is 10.1 Å². The van der Waals surface area contributed by atoms with E-state index in [2.05, 4.69) is 10.3 Å². The molecule has 0 amide bonds. The molecule has 1 N–H and O–H groups in total. The Kier molecular flexibility index (Phi) is 3.72. The van der Waals surface area contributed by atoms with Gasteiger partial charge in [0.25, 0.3) is 0 Å². The number of halogens is 2. The zero-order valence-corrected chi connectivity index (χ0v) is 12.2. The minimum atomic E-state index is -0.291. The van der Waals surface area contributed by atoms with Crippen LogP contribution < -0.4 is 5.32 Å². The van der Waals surface area contributed by atoms with Gasteiger partial charge in [-0.15, -0.1) is 0 Å². The second kappa shape index (κ2) is 5.33. The molecule has 3 rings (SSSR count). The van der Waals surface area contributed by atoms with Gasteiger partial charge in [0, 0.05) is 12.3 Å². The van der Waals surface area contributed by atoms with E-state index in [4.69, 9.17) is 11.6 Å². The van der Waals surface area contributed by atoms with Gasteiger partial charge in [-0.1, -0.05) is 36.2 Å². The molecule has 2 aliphatic rings. The monoisotopic (exact) mass is 298 g/mol. The van der Waals surface area contributed by atoms with E-state index in [0.717, 1.165) is 17.5 Å². The fourth-order valence-corrected chi connectivity index (χ4v) is 4.09. The summed E-state index contributed by atoms with van der Waals surface area (Å²) in [5, 5.41) is 4.51. The first-order chi connectivity index (χ1) is 9.17. The molecule has 5 heteroatoms. The van der Waals surface area contributed by atoms with Crippen LogP contribution in [0.1, 0.15) is 25.7 Å². The second-order valence-electron chi connectivity index (χ2n) is 5.37. The van der Waals surface area contributed by atoms with Crippen LogP contribution in [0, 0.1) is 11.2 Å². The van der Waals surface area contributed by atoms with Crippen molar-refractivity contribution in [1.82, 2.24) is 0 Å². The largest absolute Gasteiger partial charge is 0.334 e. The van der Waals surface area contributed by atoms with E-state index in [1.165, 1.54) is 37.8 Å². The van der Waals surface area contributed by atoms with E-state index >= 15 is 0 Å². The van der Waals surface area contributed by atoms with Crippen molar-refractivity contribution in [1.29, 1.82) is 0 Å². The normalized spacial score (nSPS) is 21.5. The van der Waals surface area contributed by atoms with Gasteiger partial charge in [-0.2, -0.15) is 0 Å². The fraction of sp³-hybridized carbons (Fsp3) is 0.500. The lowest BCUT2D eigenvalue weighted by Crippen LogP contribution is -2.30. The SMILES string of the molecule is Fc1ccc(Cl)c(NC2=NCC3(CCCC3)CS2)c1. The fourth-order valence-electron chi connectivity index (χ4n) is 2.76. The highest BCUT2D eigenvalue weighted by atomic mass is 35.5. The van der Waals surface area contributed by atoms with Gasteiger partial charge >= 0.3 is 0 Å². The molecule has 1 saturated carbocycles. The highest BCUT2D eigenvalue weighted by Gasteiger charge is 2.36. The molecular weight excluding hydrogens is 283 g/mol. The summed E-state index contributed by atoms with van der Waals surface area (Å²) in [7, 11) is 0. The van der Waals surface area contributed by atoms with Gasteiger partial charge in [-0.3, -0.25) is 4.99 Å². The number of hydrogen-bond acceptors (Lipinski definition) is 3. The summed E-state index contributed by atoms with van der Waals surface area (Å²) in [6, 6.07) is 4.33. The molecule has 102 valence electrons. The molecule has 1 fully saturated rings. The average molecular weight is 299 g/mol. The standard InChI is InChI=1S/C14H16ClFN2S/c15-11-4-3-10(16)7-12(11)18-13-17-8-14(9-19-13)5-1-2-6-14/h3-4,7H,1-2,5-6,8-9H2,(H,17,18). The van der Waals surface area contributed by atoms with Crippen LogP contribution in [0.3, 0.4) is 0 Å². The van der Waals surface area contributed by atoms with Crippen LogP contribution in [-0.2, 0) is 0 Å².